The average molecular weight is 365 g/mol. The van der Waals surface area contributed by atoms with Crippen LogP contribution in [0.5, 0.6) is 0 Å². The van der Waals surface area contributed by atoms with E-state index in [-0.39, 0.29) is 18.9 Å². The van der Waals surface area contributed by atoms with Crippen LogP contribution < -0.4 is 9.62 Å². The van der Waals surface area contributed by atoms with E-state index in [0.29, 0.717) is 5.69 Å². The first-order valence-electron chi connectivity index (χ1n) is 7.57. The second-order valence-corrected chi connectivity index (χ2v) is 7.60. The number of para-hydroxylation sites is 1. The lowest BCUT2D eigenvalue weighted by Gasteiger charge is -2.26. The summed E-state index contributed by atoms with van der Waals surface area (Å²) in [5.41, 5.74) is 1.12. The van der Waals surface area contributed by atoms with E-state index in [2.05, 4.69) is 5.32 Å². The molecule has 0 radical (unpaired) electrons. The quantitative estimate of drug-likeness (QED) is 0.813. The Bertz CT molecular complexity index is 809. The van der Waals surface area contributed by atoms with Crippen molar-refractivity contribution in [2.45, 2.75) is 6.54 Å². The zero-order valence-corrected chi connectivity index (χ0v) is 14.8. The topological polar surface area (TPSA) is 69.7 Å². The molecule has 0 saturated heterocycles. The Morgan fingerprint density at radius 3 is 2.20 bits per heavy atom. The van der Waals surface area contributed by atoms with Crippen LogP contribution in [0.15, 0.2) is 54.6 Å². The number of nitrogens with zero attached hydrogens (tertiary/aromatic N) is 2. The zero-order valence-electron chi connectivity index (χ0n) is 14.0. The predicted octanol–water partition coefficient (Wildman–Crippen LogP) is 1.75. The van der Waals surface area contributed by atoms with Crippen LogP contribution in [-0.4, -0.2) is 39.3 Å². The Hall–Kier alpha value is -2.45. The molecule has 1 amide bonds. The fraction of sp³-hybridized carbons (Fsp3) is 0.235. The monoisotopic (exact) mass is 365 g/mol. The fourth-order valence-electron chi connectivity index (χ4n) is 2.09. The average Bonchev–Trinajstić information content (AvgIpc) is 2.59. The summed E-state index contributed by atoms with van der Waals surface area (Å²) in [5.74, 6) is -0.819. The SMILES string of the molecule is CN(C)S(=O)(=O)N(CC(=O)NCc1ccc(F)cc1)c1ccccc1. The van der Waals surface area contributed by atoms with Gasteiger partial charge in [0.1, 0.15) is 12.4 Å². The Morgan fingerprint density at radius 1 is 1.04 bits per heavy atom. The zero-order chi connectivity index (χ0) is 18.4. The molecule has 0 aliphatic heterocycles. The number of amides is 1. The van der Waals surface area contributed by atoms with Crippen molar-refractivity contribution in [1.82, 2.24) is 9.62 Å². The molecular formula is C17H20FN3O3S. The van der Waals surface area contributed by atoms with Crippen molar-refractivity contribution in [2.75, 3.05) is 24.9 Å². The summed E-state index contributed by atoms with van der Waals surface area (Å²) in [6, 6.07) is 14.1. The molecule has 0 unspecified atom stereocenters. The molecule has 1 N–H and O–H groups in total. The second kappa shape index (κ2) is 8.09. The summed E-state index contributed by atoms with van der Waals surface area (Å²) < 4.78 is 40.0. The van der Waals surface area contributed by atoms with Crippen molar-refractivity contribution < 1.29 is 17.6 Å². The van der Waals surface area contributed by atoms with Crippen molar-refractivity contribution in [3.63, 3.8) is 0 Å². The number of nitrogens with one attached hydrogen (secondary N) is 1. The van der Waals surface area contributed by atoms with E-state index in [1.165, 1.54) is 26.2 Å². The van der Waals surface area contributed by atoms with Crippen molar-refractivity contribution in [3.8, 4) is 0 Å². The van der Waals surface area contributed by atoms with Gasteiger partial charge in [-0.3, -0.25) is 4.79 Å². The third kappa shape index (κ3) is 5.01. The standard InChI is InChI=1S/C17H20FN3O3S/c1-20(2)25(23,24)21(16-6-4-3-5-7-16)13-17(22)19-12-14-8-10-15(18)11-9-14/h3-11H,12-13H2,1-2H3,(H,19,22). The summed E-state index contributed by atoms with van der Waals surface area (Å²) in [6.07, 6.45) is 0. The van der Waals surface area contributed by atoms with Gasteiger partial charge < -0.3 is 5.32 Å². The first kappa shape index (κ1) is 18.9. The van der Waals surface area contributed by atoms with Gasteiger partial charge in [-0.1, -0.05) is 30.3 Å². The third-order valence-corrected chi connectivity index (χ3v) is 5.29. The number of halogens is 1. The molecule has 0 aliphatic rings. The third-order valence-electron chi connectivity index (χ3n) is 3.47. The minimum Gasteiger partial charge on any atom is -0.350 e. The predicted molar refractivity (Wildman–Crippen MR) is 94.6 cm³/mol. The van der Waals surface area contributed by atoms with Crippen LogP contribution in [0.4, 0.5) is 10.1 Å². The minimum absolute atomic E-state index is 0.184. The molecule has 134 valence electrons. The molecule has 0 aliphatic carbocycles. The molecule has 0 atom stereocenters. The number of hydrogen-bond acceptors (Lipinski definition) is 3. The number of hydrogen-bond donors (Lipinski definition) is 1. The van der Waals surface area contributed by atoms with E-state index in [0.717, 1.165) is 14.2 Å². The lowest BCUT2D eigenvalue weighted by molar-refractivity contribution is -0.119. The van der Waals surface area contributed by atoms with Gasteiger partial charge in [-0.25, -0.2) is 8.70 Å². The van der Waals surface area contributed by atoms with Gasteiger partial charge in [0.05, 0.1) is 5.69 Å². The Morgan fingerprint density at radius 2 is 1.64 bits per heavy atom. The molecule has 0 bridgehead atoms. The van der Waals surface area contributed by atoms with Crippen molar-refractivity contribution >= 4 is 21.8 Å². The Kier molecular flexibility index (Phi) is 6.11. The van der Waals surface area contributed by atoms with Crippen LogP contribution >= 0.6 is 0 Å². The van der Waals surface area contributed by atoms with Gasteiger partial charge in [-0.15, -0.1) is 0 Å². The molecule has 2 aromatic carbocycles. The van der Waals surface area contributed by atoms with Crippen LogP contribution in [0, 0.1) is 5.82 Å². The van der Waals surface area contributed by atoms with E-state index < -0.39 is 16.1 Å². The van der Waals surface area contributed by atoms with Gasteiger partial charge in [0.25, 0.3) is 0 Å². The molecule has 0 fully saturated rings. The van der Waals surface area contributed by atoms with E-state index in [4.69, 9.17) is 0 Å². The van der Waals surface area contributed by atoms with Crippen LogP contribution in [-0.2, 0) is 21.5 Å². The van der Waals surface area contributed by atoms with Crippen molar-refractivity contribution in [3.05, 3.63) is 66.0 Å². The first-order chi connectivity index (χ1) is 11.8. The molecule has 0 spiro atoms. The van der Waals surface area contributed by atoms with Gasteiger partial charge in [0.15, 0.2) is 0 Å². The summed E-state index contributed by atoms with van der Waals surface area (Å²) in [6.45, 7) is -0.171. The number of carbonyl (C=O) groups excluding carboxylic acids is 1. The maximum atomic E-state index is 12.9. The van der Waals surface area contributed by atoms with E-state index in [1.54, 1.807) is 42.5 Å². The second-order valence-electron chi connectivity index (χ2n) is 5.54. The van der Waals surface area contributed by atoms with Gasteiger partial charge >= 0.3 is 10.2 Å². The number of carbonyl (C=O) groups is 1. The van der Waals surface area contributed by atoms with Crippen LogP contribution in [0.1, 0.15) is 5.56 Å². The molecule has 0 aromatic heterocycles. The van der Waals surface area contributed by atoms with Gasteiger partial charge in [-0.05, 0) is 29.8 Å². The normalized spacial score (nSPS) is 11.4. The van der Waals surface area contributed by atoms with Crippen LogP contribution in [0.2, 0.25) is 0 Å². The number of anilines is 1. The van der Waals surface area contributed by atoms with Gasteiger partial charge in [0.2, 0.25) is 5.91 Å². The molecular weight excluding hydrogens is 345 g/mol. The van der Waals surface area contributed by atoms with Crippen LogP contribution in [0.3, 0.4) is 0 Å². The highest BCUT2D eigenvalue weighted by Crippen LogP contribution is 2.18. The Labute approximate surface area is 147 Å². The number of benzene rings is 2. The highest BCUT2D eigenvalue weighted by Gasteiger charge is 2.26. The maximum absolute atomic E-state index is 12.9. The summed E-state index contributed by atoms with van der Waals surface area (Å²) in [4.78, 5) is 12.2. The Balaban J connectivity index is 2.11. The lowest BCUT2D eigenvalue weighted by Crippen LogP contribution is -2.45. The van der Waals surface area contributed by atoms with Gasteiger partial charge in [0, 0.05) is 20.6 Å². The molecule has 2 aromatic rings. The summed E-state index contributed by atoms with van der Waals surface area (Å²) >= 11 is 0. The molecule has 25 heavy (non-hydrogen) atoms. The molecule has 8 heteroatoms. The molecule has 2 rings (SSSR count). The lowest BCUT2D eigenvalue weighted by atomic mass is 10.2. The van der Waals surface area contributed by atoms with Gasteiger partial charge in [-0.2, -0.15) is 12.7 Å². The number of rotatable bonds is 7. The first-order valence-corrected chi connectivity index (χ1v) is 8.97. The van der Waals surface area contributed by atoms with Crippen molar-refractivity contribution in [1.29, 1.82) is 0 Å². The summed E-state index contributed by atoms with van der Waals surface area (Å²) in [5, 5.41) is 2.64. The maximum Gasteiger partial charge on any atom is 0.304 e. The van der Waals surface area contributed by atoms with Crippen molar-refractivity contribution in [2.24, 2.45) is 0 Å². The highest BCUT2D eigenvalue weighted by molar-refractivity contribution is 7.90. The largest absolute Gasteiger partial charge is 0.350 e. The van der Waals surface area contributed by atoms with E-state index in [1.807, 2.05) is 0 Å². The highest BCUT2D eigenvalue weighted by atomic mass is 32.2. The smallest absolute Gasteiger partial charge is 0.304 e. The molecule has 0 saturated carbocycles. The molecule has 0 heterocycles. The minimum atomic E-state index is -3.82. The molecule has 6 nitrogen and oxygen atoms in total. The fourth-order valence-corrected chi connectivity index (χ4v) is 3.15. The summed E-state index contributed by atoms with van der Waals surface area (Å²) in [7, 11) is -1.01. The van der Waals surface area contributed by atoms with E-state index in [9.17, 15) is 17.6 Å². The van der Waals surface area contributed by atoms with E-state index >= 15 is 0 Å². The van der Waals surface area contributed by atoms with Crippen LogP contribution in [0.25, 0.3) is 0 Å².